The minimum atomic E-state index is -4.87. The van der Waals surface area contributed by atoms with Gasteiger partial charge in [-0.25, -0.2) is 9.13 Å². The van der Waals surface area contributed by atoms with E-state index in [0.29, 0.717) is 31.5 Å². The monoisotopic (exact) mass is 838 g/mol. The maximum atomic E-state index is 12.6. The van der Waals surface area contributed by atoms with Gasteiger partial charge in [0.1, 0.15) is 12.7 Å². The maximum Gasteiger partial charge on any atom is 0.472 e. The highest BCUT2D eigenvalue weighted by atomic mass is 31.2. The zero-order valence-corrected chi connectivity index (χ0v) is 35.9. The fraction of sp³-hybridized carbons (Fsp3) is 0.800. The Morgan fingerprint density at radius 3 is 1.88 bits per heavy atom. The van der Waals surface area contributed by atoms with Crippen LogP contribution in [0.1, 0.15) is 149 Å². The number of unbranched alkanes of at least 4 members (excludes halogenated alkanes) is 11. The van der Waals surface area contributed by atoms with Crippen LogP contribution in [0.4, 0.5) is 0 Å². The Hall–Kier alpha value is -1.70. The summed E-state index contributed by atoms with van der Waals surface area (Å²) in [6, 6.07) is 0. The van der Waals surface area contributed by atoms with E-state index in [2.05, 4.69) is 54.1 Å². The van der Waals surface area contributed by atoms with E-state index in [0.717, 1.165) is 57.3 Å². The Labute approximate surface area is 335 Å². The van der Waals surface area contributed by atoms with Crippen molar-refractivity contribution >= 4 is 27.6 Å². The molecule has 0 aromatic heterocycles. The Morgan fingerprint density at radius 1 is 0.661 bits per heavy atom. The minimum Gasteiger partial charge on any atom is -0.462 e. The number of aliphatic hydroxyl groups excluding tert-OH is 1. The summed E-state index contributed by atoms with van der Waals surface area (Å²) in [5, 5.41) is 9.72. The van der Waals surface area contributed by atoms with Gasteiger partial charge in [-0.1, -0.05) is 121 Å². The molecule has 5 atom stereocenters. The molecular weight excluding hydrogens is 766 g/mol. The molecule has 0 radical (unpaired) electrons. The topological polar surface area (TPSA) is 208 Å². The van der Waals surface area contributed by atoms with Crippen LogP contribution in [-0.4, -0.2) is 82.6 Å². The first-order valence-corrected chi connectivity index (χ1v) is 23.7. The van der Waals surface area contributed by atoms with Crippen LogP contribution in [0.3, 0.4) is 0 Å². The summed E-state index contributed by atoms with van der Waals surface area (Å²) >= 11 is 0. The van der Waals surface area contributed by atoms with E-state index in [1.807, 2.05) is 12.2 Å². The largest absolute Gasteiger partial charge is 0.472 e. The van der Waals surface area contributed by atoms with Crippen molar-refractivity contribution in [1.29, 1.82) is 0 Å². The van der Waals surface area contributed by atoms with E-state index in [4.69, 9.17) is 28.5 Å². The van der Waals surface area contributed by atoms with Crippen LogP contribution in [0.5, 0.6) is 0 Å². The van der Waals surface area contributed by atoms with Crippen molar-refractivity contribution in [2.24, 2.45) is 5.92 Å². The molecule has 0 amide bonds. The average molecular weight is 839 g/mol. The maximum absolute atomic E-state index is 12.6. The number of hydrogen-bond donors (Lipinski definition) is 4. The number of ether oxygens (including phenoxy) is 3. The van der Waals surface area contributed by atoms with Crippen molar-refractivity contribution in [1.82, 2.24) is 0 Å². The van der Waals surface area contributed by atoms with Gasteiger partial charge in [0.15, 0.2) is 6.10 Å². The Bertz CT molecular complexity index is 1220. The number of epoxide rings is 1. The first-order chi connectivity index (χ1) is 26.7. The second-order valence-corrected chi connectivity index (χ2v) is 17.5. The summed E-state index contributed by atoms with van der Waals surface area (Å²) in [7, 11) is -9.68. The molecule has 1 saturated heterocycles. The lowest BCUT2D eigenvalue weighted by atomic mass is 10.0. The molecule has 1 fully saturated rings. The van der Waals surface area contributed by atoms with E-state index in [-0.39, 0.29) is 12.8 Å². The van der Waals surface area contributed by atoms with Gasteiger partial charge in [-0.2, -0.15) is 0 Å². The van der Waals surface area contributed by atoms with Gasteiger partial charge in [0.05, 0.1) is 32.0 Å². The highest BCUT2D eigenvalue weighted by molar-refractivity contribution is 7.47. The molecule has 0 aliphatic carbocycles. The number of esters is 2. The lowest BCUT2D eigenvalue weighted by Gasteiger charge is -2.20. The molecule has 1 aliphatic rings. The lowest BCUT2D eigenvalue weighted by Crippen LogP contribution is -2.30. The Balaban J connectivity index is 2.41. The van der Waals surface area contributed by atoms with Crippen molar-refractivity contribution in [3.8, 4) is 0 Å². The second-order valence-electron chi connectivity index (χ2n) is 14.8. The van der Waals surface area contributed by atoms with E-state index in [1.165, 1.54) is 44.9 Å². The third-order valence-corrected chi connectivity index (χ3v) is 10.3. The fourth-order valence-corrected chi connectivity index (χ4v) is 6.72. The van der Waals surface area contributed by atoms with Crippen molar-refractivity contribution in [3.05, 3.63) is 36.5 Å². The number of phosphoric acid groups is 2. The molecule has 326 valence electrons. The van der Waals surface area contributed by atoms with Crippen LogP contribution in [0.2, 0.25) is 0 Å². The van der Waals surface area contributed by atoms with Crippen LogP contribution >= 0.6 is 15.6 Å². The summed E-state index contributed by atoms with van der Waals surface area (Å²) in [5.41, 5.74) is 0. The zero-order valence-electron chi connectivity index (χ0n) is 34.1. The van der Waals surface area contributed by atoms with Crippen LogP contribution in [0.25, 0.3) is 0 Å². The number of hydrogen-bond acceptors (Lipinski definition) is 11. The van der Waals surface area contributed by atoms with Crippen LogP contribution in [0, 0.1) is 5.92 Å². The minimum absolute atomic E-state index is 0.114. The molecule has 0 bridgehead atoms. The first-order valence-electron chi connectivity index (χ1n) is 20.7. The summed E-state index contributed by atoms with van der Waals surface area (Å²) < 4.78 is 53.3. The molecule has 0 aromatic carbocycles. The quantitative estimate of drug-likeness (QED) is 0.0151. The molecule has 16 heteroatoms. The summed E-state index contributed by atoms with van der Waals surface area (Å²) in [6.45, 7) is 3.90. The lowest BCUT2D eigenvalue weighted by molar-refractivity contribution is -0.161. The van der Waals surface area contributed by atoms with Gasteiger partial charge in [0.2, 0.25) is 0 Å². The van der Waals surface area contributed by atoms with Gasteiger partial charge in [0, 0.05) is 12.8 Å². The van der Waals surface area contributed by atoms with Gasteiger partial charge < -0.3 is 34.0 Å². The molecule has 0 saturated carbocycles. The van der Waals surface area contributed by atoms with E-state index < -0.39 is 66.2 Å². The first kappa shape index (κ1) is 52.3. The molecule has 4 N–H and O–H groups in total. The van der Waals surface area contributed by atoms with Crippen LogP contribution < -0.4 is 0 Å². The van der Waals surface area contributed by atoms with Crippen LogP contribution in [-0.2, 0) is 46.5 Å². The van der Waals surface area contributed by atoms with Crippen molar-refractivity contribution in [3.63, 3.8) is 0 Å². The Kier molecular flexibility index (Phi) is 30.1. The predicted octanol–water partition coefficient (Wildman–Crippen LogP) is 8.96. The third-order valence-electron chi connectivity index (χ3n) is 8.85. The predicted molar refractivity (Wildman–Crippen MR) is 216 cm³/mol. The van der Waals surface area contributed by atoms with Crippen LogP contribution in [0.15, 0.2) is 36.5 Å². The van der Waals surface area contributed by atoms with Gasteiger partial charge in [0.25, 0.3) is 0 Å². The van der Waals surface area contributed by atoms with Gasteiger partial charge in [-0.15, -0.1) is 0 Å². The highest BCUT2D eigenvalue weighted by Gasteiger charge is 2.36. The Morgan fingerprint density at radius 2 is 1.21 bits per heavy atom. The highest BCUT2D eigenvalue weighted by Crippen LogP contribution is 2.44. The van der Waals surface area contributed by atoms with E-state index >= 15 is 0 Å². The normalized spacial score (nSPS) is 18.2. The molecule has 56 heavy (non-hydrogen) atoms. The van der Waals surface area contributed by atoms with Crippen molar-refractivity contribution in [2.75, 3.05) is 26.4 Å². The standard InChI is InChI=1S/C40H72O14P2/c1-4-5-6-7-16-21-26-37-38(54-37)27-22-17-12-10-14-18-23-28-39(42)49-32-36(33-52-56(47,48)51-31-35(41)30-50-55(44,45)46)53-40(43)29-24-19-13-9-8-11-15-20-25-34(2)3/h10,14,16-17,21-22,34-38,41H,4-9,11-13,15,18-20,23-33H2,1-3H3,(H,47,48)(H2,44,45,46)/b14-10-,21-16-,22-17-/t35-,36+,37?,38?/m0/s1. The fourth-order valence-electron chi connectivity index (χ4n) is 5.57. The van der Waals surface area contributed by atoms with Gasteiger partial charge in [-0.3, -0.25) is 23.2 Å². The molecule has 0 aromatic rings. The third kappa shape index (κ3) is 33.3. The molecule has 3 unspecified atom stereocenters. The van der Waals surface area contributed by atoms with E-state index in [1.54, 1.807) is 0 Å². The molecule has 0 spiro atoms. The number of carbonyl (C=O) groups excluding carboxylic acids is 2. The molecule has 14 nitrogen and oxygen atoms in total. The molecule has 1 heterocycles. The number of phosphoric ester groups is 2. The summed E-state index contributed by atoms with van der Waals surface area (Å²) in [6.07, 6.45) is 29.2. The summed E-state index contributed by atoms with van der Waals surface area (Å²) in [4.78, 5) is 52.5. The average Bonchev–Trinajstić information content (AvgIpc) is 3.89. The van der Waals surface area contributed by atoms with Gasteiger partial charge in [-0.05, 0) is 57.3 Å². The van der Waals surface area contributed by atoms with E-state index in [9.17, 15) is 28.7 Å². The molecule has 1 aliphatic heterocycles. The zero-order chi connectivity index (χ0) is 41.5. The van der Waals surface area contributed by atoms with Crippen molar-refractivity contribution < 1.29 is 66.3 Å². The van der Waals surface area contributed by atoms with Gasteiger partial charge >= 0.3 is 27.6 Å². The number of aliphatic hydroxyl groups is 1. The number of allylic oxidation sites excluding steroid dienone is 4. The SMILES string of the molecule is CCCCC/C=C\CC1OC1C/C=C\C/C=C\CCCC(=O)OC[C@H](COP(=O)(O)OC[C@@H](O)COP(=O)(O)O)OC(=O)CCCCCCCCCCC(C)C. The molecule has 1 rings (SSSR count). The number of rotatable bonds is 37. The summed E-state index contributed by atoms with van der Waals surface area (Å²) in [5.74, 6) is -0.375. The second kappa shape index (κ2) is 32.2. The van der Waals surface area contributed by atoms with Crippen molar-refractivity contribution in [2.45, 2.75) is 174 Å². The smallest absolute Gasteiger partial charge is 0.462 e. The number of carbonyl (C=O) groups is 2. The molecular formula is C40H72O14P2.